The van der Waals surface area contributed by atoms with E-state index in [-0.39, 0.29) is 17.7 Å². The van der Waals surface area contributed by atoms with Gasteiger partial charge in [-0.2, -0.15) is 5.10 Å². The van der Waals surface area contributed by atoms with Gasteiger partial charge in [0.25, 0.3) is 5.91 Å². The highest BCUT2D eigenvalue weighted by Crippen LogP contribution is 2.21. The third-order valence-electron chi connectivity index (χ3n) is 4.28. The minimum atomic E-state index is -0.368. The van der Waals surface area contributed by atoms with Gasteiger partial charge in [0.05, 0.1) is 24.5 Å². The Labute approximate surface area is 150 Å². The van der Waals surface area contributed by atoms with Gasteiger partial charge in [0.2, 0.25) is 5.88 Å². The normalized spacial score (nSPS) is 16.8. The van der Waals surface area contributed by atoms with Crippen LogP contribution in [0, 0.1) is 0 Å². The van der Waals surface area contributed by atoms with Crippen molar-refractivity contribution in [2.24, 2.45) is 0 Å². The van der Waals surface area contributed by atoms with Crippen LogP contribution in [0.3, 0.4) is 0 Å². The van der Waals surface area contributed by atoms with E-state index in [9.17, 15) is 9.90 Å². The summed E-state index contributed by atoms with van der Waals surface area (Å²) in [6.07, 6.45) is 3.68. The molecule has 134 valence electrons. The molecule has 1 fully saturated rings. The number of amides is 1. The Morgan fingerprint density at radius 1 is 1.35 bits per heavy atom. The van der Waals surface area contributed by atoms with Gasteiger partial charge in [-0.25, -0.2) is 0 Å². The van der Waals surface area contributed by atoms with Gasteiger partial charge in [-0.15, -0.1) is 0 Å². The highest BCUT2D eigenvalue weighted by Gasteiger charge is 2.24. The molecular formula is C18H19N5O3. The predicted octanol–water partition coefficient (Wildman–Crippen LogP) is 1.74. The van der Waals surface area contributed by atoms with Crippen molar-refractivity contribution in [3.63, 3.8) is 0 Å². The van der Waals surface area contributed by atoms with E-state index in [2.05, 4.69) is 15.6 Å². The van der Waals surface area contributed by atoms with Crippen molar-refractivity contribution in [3.8, 4) is 0 Å². The molecule has 4 rings (SSSR count). The molecule has 1 saturated heterocycles. The number of nitrogens with one attached hydrogen (secondary N) is 1. The minimum absolute atomic E-state index is 0.192. The van der Waals surface area contributed by atoms with Crippen molar-refractivity contribution in [1.82, 2.24) is 14.9 Å². The summed E-state index contributed by atoms with van der Waals surface area (Å²) in [5, 5.41) is 20.4. The number of rotatable bonds is 5. The number of aromatic nitrogens is 3. The summed E-state index contributed by atoms with van der Waals surface area (Å²) in [4.78, 5) is 14.2. The van der Waals surface area contributed by atoms with Crippen LogP contribution >= 0.6 is 0 Å². The van der Waals surface area contributed by atoms with Crippen LogP contribution in [0.15, 0.2) is 53.3 Å². The summed E-state index contributed by atoms with van der Waals surface area (Å²) in [6, 6.07) is 11.5. The second-order valence-electron chi connectivity index (χ2n) is 6.31. The first kappa shape index (κ1) is 16.3. The molecular weight excluding hydrogens is 334 g/mol. The molecule has 1 aromatic carbocycles. The number of nitrogens with zero attached hydrogens (tertiary/aromatic N) is 4. The molecule has 0 spiro atoms. The molecule has 26 heavy (non-hydrogen) atoms. The number of aliphatic hydroxyl groups is 1. The smallest absolute Gasteiger partial charge is 0.278 e. The number of aliphatic hydroxyl groups excluding tert-OH is 1. The van der Waals surface area contributed by atoms with Gasteiger partial charge in [-0.3, -0.25) is 9.48 Å². The fourth-order valence-corrected chi connectivity index (χ4v) is 2.94. The maximum Gasteiger partial charge on any atom is 0.278 e. The molecule has 1 atom stereocenters. The molecule has 0 saturated carbocycles. The zero-order chi connectivity index (χ0) is 17.9. The van der Waals surface area contributed by atoms with E-state index >= 15 is 0 Å². The first-order valence-corrected chi connectivity index (χ1v) is 8.45. The van der Waals surface area contributed by atoms with Crippen LogP contribution in [0.1, 0.15) is 22.5 Å². The summed E-state index contributed by atoms with van der Waals surface area (Å²) in [5.41, 5.74) is 1.91. The third kappa shape index (κ3) is 3.60. The highest BCUT2D eigenvalue weighted by atomic mass is 16.5. The SMILES string of the molecule is O=C(Nc1cnn(Cc2ccccc2)c1)c1cc(N2CCC(O)C2)on1. The fourth-order valence-electron chi connectivity index (χ4n) is 2.94. The molecule has 1 unspecified atom stereocenters. The Morgan fingerprint density at radius 2 is 2.19 bits per heavy atom. The lowest BCUT2D eigenvalue weighted by molar-refractivity contribution is 0.101. The molecule has 0 aliphatic carbocycles. The van der Waals surface area contributed by atoms with Crippen LogP contribution in [0.25, 0.3) is 0 Å². The zero-order valence-corrected chi connectivity index (χ0v) is 14.1. The maximum atomic E-state index is 12.3. The van der Waals surface area contributed by atoms with Gasteiger partial charge in [0.15, 0.2) is 5.69 Å². The Bertz CT molecular complexity index is 889. The molecule has 2 aromatic heterocycles. The van der Waals surface area contributed by atoms with Crippen LogP contribution in [-0.4, -0.2) is 45.1 Å². The highest BCUT2D eigenvalue weighted by molar-refractivity contribution is 6.03. The number of benzene rings is 1. The van der Waals surface area contributed by atoms with E-state index in [0.29, 0.717) is 37.6 Å². The summed E-state index contributed by atoms with van der Waals surface area (Å²) in [6.45, 7) is 1.80. The molecule has 0 bridgehead atoms. The van der Waals surface area contributed by atoms with Crippen molar-refractivity contribution in [1.29, 1.82) is 0 Å². The van der Waals surface area contributed by atoms with Crippen molar-refractivity contribution in [2.75, 3.05) is 23.3 Å². The molecule has 3 heterocycles. The number of hydrogen-bond donors (Lipinski definition) is 2. The van der Waals surface area contributed by atoms with Gasteiger partial charge in [-0.1, -0.05) is 35.5 Å². The fraction of sp³-hybridized carbons (Fsp3) is 0.278. The topological polar surface area (TPSA) is 96.4 Å². The van der Waals surface area contributed by atoms with E-state index in [4.69, 9.17) is 4.52 Å². The summed E-state index contributed by atoms with van der Waals surface area (Å²) in [7, 11) is 0. The van der Waals surface area contributed by atoms with Gasteiger partial charge >= 0.3 is 0 Å². The van der Waals surface area contributed by atoms with E-state index in [1.807, 2.05) is 35.2 Å². The molecule has 3 aromatic rings. The monoisotopic (exact) mass is 353 g/mol. The van der Waals surface area contributed by atoms with Crippen LogP contribution in [0.2, 0.25) is 0 Å². The van der Waals surface area contributed by atoms with Crippen molar-refractivity contribution >= 4 is 17.5 Å². The van der Waals surface area contributed by atoms with Crippen molar-refractivity contribution in [3.05, 3.63) is 60.0 Å². The number of carbonyl (C=O) groups is 1. The lowest BCUT2D eigenvalue weighted by atomic mass is 10.2. The standard InChI is InChI=1S/C18H19N5O3/c24-15-6-7-22(12-15)17-8-16(21-26-17)18(25)20-14-9-19-23(11-14)10-13-4-2-1-3-5-13/h1-5,8-9,11,15,24H,6-7,10,12H2,(H,20,25). The Kier molecular flexibility index (Phi) is 4.40. The lowest BCUT2D eigenvalue weighted by Gasteiger charge is -2.11. The van der Waals surface area contributed by atoms with Gasteiger partial charge in [0.1, 0.15) is 0 Å². The Balaban J connectivity index is 1.38. The summed E-state index contributed by atoms with van der Waals surface area (Å²) >= 11 is 0. The van der Waals surface area contributed by atoms with Crippen LogP contribution < -0.4 is 10.2 Å². The predicted molar refractivity (Wildman–Crippen MR) is 95.1 cm³/mol. The molecule has 0 radical (unpaired) electrons. The number of anilines is 2. The van der Waals surface area contributed by atoms with E-state index < -0.39 is 0 Å². The van der Waals surface area contributed by atoms with Crippen LogP contribution in [0.4, 0.5) is 11.6 Å². The maximum absolute atomic E-state index is 12.3. The summed E-state index contributed by atoms with van der Waals surface area (Å²) < 4.78 is 6.98. The van der Waals surface area contributed by atoms with Crippen LogP contribution in [-0.2, 0) is 6.54 Å². The van der Waals surface area contributed by atoms with Crippen molar-refractivity contribution < 1.29 is 14.4 Å². The van der Waals surface area contributed by atoms with Crippen LogP contribution in [0.5, 0.6) is 0 Å². The van der Waals surface area contributed by atoms with Gasteiger partial charge < -0.3 is 19.8 Å². The zero-order valence-electron chi connectivity index (χ0n) is 14.1. The average Bonchev–Trinajstić information content (AvgIpc) is 3.37. The van der Waals surface area contributed by atoms with Crippen molar-refractivity contribution in [2.45, 2.75) is 19.1 Å². The largest absolute Gasteiger partial charge is 0.391 e. The molecule has 1 aliphatic rings. The molecule has 1 amide bonds. The van der Waals surface area contributed by atoms with E-state index in [1.54, 1.807) is 23.1 Å². The second kappa shape index (κ2) is 7.01. The van der Waals surface area contributed by atoms with E-state index in [1.165, 1.54) is 0 Å². The Hall–Kier alpha value is -3.13. The number of β-amino-alcohol motifs (C(OH)–C–C–N with tert-alkyl or cyclic N) is 1. The molecule has 2 N–H and O–H groups in total. The average molecular weight is 353 g/mol. The Morgan fingerprint density at radius 3 is 2.96 bits per heavy atom. The van der Waals surface area contributed by atoms with Gasteiger partial charge in [0, 0.05) is 25.4 Å². The first-order valence-electron chi connectivity index (χ1n) is 8.45. The first-order chi connectivity index (χ1) is 12.7. The molecule has 8 nitrogen and oxygen atoms in total. The van der Waals surface area contributed by atoms with Gasteiger partial charge in [-0.05, 0) is 12.0 Å². The number of hydrogen-bond acceptors (Lipinski definition) is 6. The second-order valence-corrected chi connectivity index (χ2v) is 6.31. The molecule has 8 heteroatoms. The minimum Gasteiger partial charge on any atom is -0.391 e. The summed E-state index contributed by atoms with van der Waals surface area (Å²) in [5.74, 6) is 0.130. The quantitative estimate of drug-likeness (QED) is 0.725. The molecule has 1 aliphatic heterocycles. The number of carbonyl (C=O) groups excluding carboxylic acids is 1. The lowest BCUT2D eigenvalue weighted by Crippen LogP contribution is -2.20. The van der Waals surface area contributed by atoms with E-state index in [0.717, 1.165) is 5.56 Å². The third-order valence-corrected chi connectivity index (χ3v) is 4.28.